The zero-order valence-electron chi connectivity index (χ0n) is 14.1. The van der Waals surface area contributed by atoms with Gasteiger partial charge in [0.2, 0.25) is 11.1 Å². The first-order valence-corrected chi connectivity index (χ1v) is 8.92. The predicted molar refractivity (Wildman–Crippen MR) is 97.6 cm³/mol. The molecule has 0 aliphatic rings. The van der Waals surface area contributed by atoms with Crippen LogP contribution in [0.15, 0.2) is 53.7 Å². The molecular formula is C18H19N5OS. The number of tetrazole rings is 1. The highest BCUT2D eigenvalue weighted by atomic mass is 32.2. The topological polar surface area (TPSA) is 72.7 Å². The third-order valence-electron chi connectivity index (χ3n) is 3.76. The molecule has 0 unspecified atom stereocenters. The van der Waals surface area contributed by atoms with Gasteiger partial charge in [0.25, 0.3) is 0 Å². The summed E-state index contributed by atoms with van der Waals surface area (Å²) in [7, 11) is 0. The average molecular weight is 353 g/mol. The van der Waals surface area contributed by atoms with Gasteiger partial charge in [-0.2, -0.15) is 4.68 Å². The van der Waals surface area contributed by atoms with E-state index in [1.165, 1.54) is 11.8 Å². The highest BCUT2D eigenvalue weighted by Crippen LogP contribution is 2.23. The molecule has 2 aromatic carbocycles. The van der Waals surface area contributed by atoms with E-state index in [2.05, 4.69) is 20.8 Å². The number of para-hydroxylation sites is 1. The molecule has 1 amide bonds. The van der Waals surface area contributed by atoms with Gasteiger partial charge in [0, 0.05) is 6.54 Å². The molecular weight excluding hydrogens is 334 g/mol. The molecule has 1 heterocycles. The fourth-order valence-corrected chi connectivity index (χ4v) is 3.23. The standard InChI is InChI=1S/C18H19N5OS/c1-13-7-6-8-14(2)17(13)23-18(20-21-22-23)25-12-16(24)19-11-15-9-4-3-5-10-15/h3-10H,11-12H2,1-2H3,(H,19,24). The van der Waals surface area contributed by atoms with E-state index in [0.717, 1.165) is 22.4 Å². The number of carbonyl (C=O) groups excluding carboxylic acids is 1. The van der Waals surface area contributed by atoms with Crippen LogP contribution in [-0.2, 0) is 11.3 Å². The van der Waals surface area contributed by atoms with Crippen molar-refractivity contribution in [3.63, 3.8) is 0 Å². The van der Waals surface area contributed by atoms with Crippen molar-refractivity contribution in [2.45, 2.75) is 25.5 Å². The van der Waals surface area contributed by atoms with E-state index >= 15 is 0 Å². The van der Waals surface area contributed by atoms with E-state index in [9.17, 15) is 4.79 Å². The number of aromatic nitrogens is 4. The van der Waals surface area contributed by atoms with Crippen LogP contribution in [0.1, 0.15) is 16.7 Å². The summed E-state index contributed by atoms with van der Waals surface area (Å²) in [5.41, 5.74) is 4.20. The minimum Gasteiger partial charge on any atom is -0.351 e. The number of nitrogens with one attached hydrogen (secondary N) is 1. The first-order chi connectivity index (χ1) is 12.1. The number of amides is 1. The summed E-state index contributed by atoms with van der Waals surface area (Å²) in [5.74, 6) is 0.211. The lowest BCUT2D eigenvalue weighted by Crippen LogP contribution is -2.24. The van der Waals surface area contributed by atoms with Gasteiger partial charge in [0.1, 0.15) is 0 Å². The second-order valence-corrected chi connectivity index (χ2v) is 6.61. The molecule has 0 radical (unpaired) electrons. The zero-order valence-corrected chi connectivity index (χ0v) is 15.0. The van der Waals surface area contributed by atoms with Gasteiger partial charge in [0.05, 0.1) is 11.4 Å². The largest absolute Gasteiger partial charge is 0.351 e. The number of thioether (sulfide) groups is 1. The number of benzene rings is 2. The van der Waals surface area contributed by atoms with E-state index in [4.69, 9.17) is 0 Å². The van der Waals surface area contributed by atoms with E-state index in [-0.39, 0.29) is 11.7 Å². The summed E-state index contributed by atoms with van der Waals surface area (Å²) in [6, 6.07) is 15.9. The van der Waals surface area contributed by atoms with Crippen LogP contribution in [0.4, 0.5) is 0 Å². The summed E-state index contributed by atoms with van der Waals surface area (Å²) in [6.07, 6.45) is 0. The molecule has 0 aliphatic carbocycles. The van der Waals surface area contributed by atoms with E-state index in [1.54, 1.807) is 4.68 Å². The predicted octanol–water partition coefficient (Wildman–Crippen LogP) is 2.69. The Morgan fingerprint density at radius 1 is 1.08 bits per heavy atom. The van der Waals surface area contributed by atoms with Crippen molar-refractivity contribution < 1.29 is 4.79 Å². The van der Waals surface area contributed by atoms with Crippen molar-refractivity contribution in [3.05, 3.63) is 65.2 Å². The first kappa shape index (κ1) is 17.2. The molecule has 0 spiro atoms. The lowest BCUT2D eigenvalue weighted by molar-refractivity contribution is -0.118. The number of rotatable bonds is 6. The molecule has 0 aliphatic heterocycles. The maximum atomic E-state index is 12.1. The molecule has 1 aromatic heterocycles. The summed E-state index contributed by atoms with van der Waals surface area (Å²) >= 11 is 1.32. The van der Waals surface area contributed by atoms with Gasteiger partial charge in [-0.25, -0.2) is 0 Å². The Balaban J connectivity index is 1.63. The molecule has 0 saturated carbocycles. The Morgan fingerprint density at radius 3 is 2.52 bits per heavy atom. The molecule has 3 rings (SSSR count). The van der Waals surface area contributed by atoms with Crippen LogP contribution < -0.4 is 5.32 Å². The molecule has 3 aromatic rings. The number of carbonyl (C=O) groups is 1. The molecule has 0 fully saturated rings. The minimum absolute atomic E-state index is 0.0510. The summed E-state index contributed by atoms with van der Waals surface area (Å²) in [5, 5.41) is 15.4. The molecule has 0 saturated heterocycles. The van der Waals surface area contributed by atoms with Gasteiger partial charge < -0.3 is 5.32 Å². The van der Waals surface area contributed by atoms with Crippen LogP contribution in [0.25, 0.3) is 5.69 Å². The molecule has 1 N–H and O–H groups in total. The van der Waals surface area contributed by atoms with E-state index in [0.29, 0.717) is 11.7 Å². The monoisotopic (exact) mass is 353 g/mol. The van der Waals surface area contributed by atoms with Crippen LogP contribution in [-0.4, -0.2) is 31.9 Å². The van der Waals surface area contributed by atoms with Crippen LogP contribution in [0.5, 0.6) is 0 Å². The Bertz CT molecular complexity index is 843. The molecule has 128 valence electrons. The van der Waals surface area contributed by atoms with Gasteiger partial charge in [-0.05, 0) is 41.0 Å². The normalized spacial score (nSPS) is 10.6. The third-order valence-corrected chi connectivity index (χ3v) is 4.68. The lowest BCUT2D eigenvalue weighted by atomic mass is 10.1. The zero-order chi connectivity index (χ0) is 17.6. The molecule has 0 atom stereocenters. The SMILES string of the molecule is Cc1cccc(C)c1-n1nnnc1SCC(=O)NCc1ccccc1. The Labute approximate surface area is 150 Å². The van der Waals surface area contributed by atoms with Gasteiger partial charge in [-0.1, -0.05) is 60.3 Å². The minimum atomic E-state index is -0.0510. The van der Waals surface area contributed by atoms with Crippen molar-refractivity contribution in [2.24, 2.45) is 0 Å². The number of nitrogens with zero attached hydrogens (tertiary/aromatic N) is 4. The molecule has 0 bridgehead atoms. The van der Waals surface area contributed by atoms with Crippen LogP contribution >= 0.6 is 11.8 Å². The Kier molecular flexibility index (Phi) is 5.45. The Hall–Kier alpha value is -2.67. The van der Waals surface area contributed by atoms with Crippen LogP contribution in [0.2, 0.25) is 0 Å². The highest BCUT2D eigenvalue weighted by molar-refractivity contribution is 7.99. The average Bonchev–Trinajstić information content (AvgIpc) is 3.07. The third kappa shape index (κ3) is 4.24. The molecule has 25 heavy (non-hydrogen) atoms. The fourth-order valence-electron chi connectivity index (χ4n) is 2.53. The van der Waals surface area contributed by atoms with E-state index in [1.807, 2.05) is 62.4 Å². The van der Waals surface area contributed by atoms with Crippen molar-refractivity contribution in [3.8, 4) is 5.69 Å². The number of aryl methyl sites for hydroxylation is 2. The summed E-state index contributed by atoms with van der Waals surface area (Å²) in [4.78, 5) is 12.1. The maximum absolute atomic E-state index is 12.1. The summed E-state index contributed by atoms with van der Waals surface area (Å²) < 4.78 is 1.69. The number of hydrogen-bond donors (Lipinski definition) is 1. The van der Waals surface area contributed by atoms with Gasteiger partial charge >= 0.3 is 0 Å². The lowest BCUT2D eigenvalue weighted by Gasteiger charge is -2.10. The number of hydrogen-bond acceptors (Lipinski definition) is 5. The van der Waals surface area contributed by atoms with Crippen molar-refractivity contribution in [1.82, 2.24) is 25.5 Å². The fraction of sp³-hybridized carbons (Fsp3) is 0.222. The maximum Gasteiger partial charge on any atom is 0.230 e. The van der Waals surface area contributed by atoms with Crippen LogP contribution in [0.3, 0.4) is 0 Å². The van der Waals surface area contributed by atoms with E-state index < -0.39 is 0 Å². The Morgan fingerprint density at radius 2 is 1.80 bits per heavy atom. The second kappa shape index (κ2) is 7.94. The van der Waals surface area contributed by atoms with Crippen molar-refractivity contribution >= 4 is 17.7 Å². The van der Waals surface area contributed by atoms with Crippen molar-refractivity contribution in [2.75, 3.05) is 5.75 Å². The van der Waals surface area contributed by atoms with Crippen molar-refractivity contribution in [1.29, 1.82) is 0 Å². The smallest absolute Gasteiger partial charge is 0.230 e. The molecule has 6 nitrogen and oxygen atoms in total. The van der Waals surface area contributed by atoms with Gasteiger partial charge in [-0.15, -0.1) is 5.10 Å². The quantitative estimate of drug-likeness (QED) is 0.690. The van der Waals surface area contributed by atoms with Crippen LogP contribution in [0, 0.1) is 13.8 Å². The van der Waals surface area contributed by atoms with Gasteiger partial charge in [-0.3, -0.25) is 4.79 Å². The highest BCUT2D eigenvalue weighted by Gasteiger charge is 2.14. The second-order valence-electron chi connectivity index (χ2n) is 5.66. The first-order valence-electron chi connectivity index (χ1n) is 7.93. The molecule has 7 heteroatoms. The summed E-state index contributed by atoms with van der Waals surface area (Å²) in [6.45, 7) is 4.55. The van der Waals surface area contributed by atoms with Gasteiger partial charge in [0.15, 0.2) is 0 Å².